The van der Waals surface area contributed by atoms with E-state index in [2.05, 4.69) is 51.8 Å². The molecule has 2 unspecified atom stereocenters. The lowest BCUT2D eigenvalue weighted by Crippen LogP contribution is -2.68. The lowest BCUT2D eigenvalue weighted by atomic mass is 9.51. The molecule has 29 heavy (non-hydrogen) atoms. The first-order valence-corrected chi connectivity index (χ1v) is 10.4. The number of hydrogen-bond acceptors (Lipinski definition) is 4. The number of benzene rings is 1. The van der Waals surface area contributed by atoms with Gasteiger partial charge in [-0.25, -0.2) is 9.98 Å². The van der Waals surface area contributed by atoms with Gasteiger partial charge in [0.1, 0.15) is 6.33 Å². The first-order valence-electron chi connectivity index (χ1n) is 10.4. The van der Waals surface area contributed by atoms with Gasteiger partial charge in [-0.3, -0.25) is 5.10 Å². The molecule has 0 radical (unpaired) electrons. The van der Waals surface area contributed by atoms with Crippen LogP contribution in [-0.2, 0) is 11.3 Å². The third-order valence-electron chi connectivity index (χ3n) is 6.13. The molecule has 0 amide bonds. The largest absolute Gasteiger partial charge is 0.378 e. The van der Waals surface area contributed by atoms with E-state index in [0.717, 1.165) is 42.5 Å². The summed E-state index contributed by atoms with van der Waals surface area (Å²) < 4.78 is 5.97. The first kappa shape index (κ1) is 22.0. The van der Waals surface area contributed by atoms with Gasteiger partial charge in [0, 0.05) is 30.2 Å². The maximum absolute atomic E-state index is 5.97. The van der Waals surface area contributed by atoms with Crippen LogP contribution < -0.4 is 10.6 Å². The minimum absolute atomic E-state index is 0. The van der Waals surface area contributed by atoms with Crippen molar-refractivity contribution in [1.29, 1.82) is 0 Å². The van der Waals surface area contributed by atoms with Crippen LogP contribution >= 0.6 is 24.0 Å². The van der Waals surface area contributed by atoms with Crippen molar-refractivity contribution in [2.75, 3.05) is 13.2 Å². The van der Waals surface area contributed by atoms with Crippen LogP contribution in [0.3, 0.4) is 0 Å². The summed E-state index contributed by atoms with van der Waals surface area (Å²) in [5.74, 6) is 1.66. The van der Waals surface area contributed by atoms with Crippen molar-refractivity contribution in [2.45, 2.75) is 58.2 Å². The normalized spacial score (nSPS) is 22.3. The van der Waals surface area contributed by atoms with Crippen molar-refractivity contribution in [3.05, 3.63) is 36.2 Å². The van der Waals surface area contributed by atoms with Gasteiger partial charge in [-0.15, -0.1) is 24.0 Å². The average molecular weight is 510 g/mol. The molecule has 2 aliphatic carbocycles. The Morgan fingerprint density at radius 1 is 1.34 bits per heavy atom. The highest BCUT2D eigenvalue weighted by Gasteiger charge is 2.59. The zero-order valence-electron chi connectivity index (χ0n) is 17.1. The van der Waals surface area contributed by atoms with E-state index < -0.39 is 0 Å². The van der Waals surface area contributed by atoms with E-state index in [1.165, 1.54) is 25.6 Å². The van der Waals surface area contributed by atoms with Crippen LogP contribution in [-0.4, -0.2) is 46.4 Å². The quantitative estimate of drug-likeness (QED) is 0.302. The number of rotatable bonds is 7. The number of nitrogens with zero attached hydrogens (tertiary/aromatic N) is 3. The van der Waals surface area contributed by atoms with Gasteiger partial charge in [0.2, 0.25) is 0 Å². The SMILES string of the molecule is CCNC(=NCc1cccc(-c2ncn[nH]2)c1)NC1CC(OCC)C12CCC2.I. The van der Waals surface area contributed by atoms with Crippen molar-refractivity contribution in [3.63, 3.8) is 0 Å². The first-order chi connectivity index (χ1) is 13.7. The van der Waals surface area contributed by atoms with E-state index in [0.29, 0.717) is 24.1 Å². The highest BCUT2D eigenvalue weighted by atomic mass is 127. The Labute approximate surface area is 189 Å². The molecule has 1 spiro atoms. The Kier molecular flexibility index (Phi) is 7.50. The fourth-order valence-electron chi connectivity index (χ4n) is 4.46. The molecule has 0 bridgehead atoms. The van der Waals surface area contributed by atoms with Crippen molar-refractivity contribution >= 4 is 29.9 Å². The van der Waals surface area contributed by atoms with Gasteiger partial charge in [-0.05, 0) is 44.7 Å². The summed E-state index contributed by atoms with van der Waals surface area (Å²) in [5, 5.41) is 13.9. The molecular weight excluding hydrogens is 479 g/mol. The summed E-state index contributed by atoms with van der Waals surface area (Å²) in [6.45, 7) is 6.45. The maximum atomic E-state index is 5.97. The average Bonchev–Trinajstić information content (AvgIpc) is 3.19. The lowest BCUT2D eigenvalue weighted by Gasteiger charge is -2.61. The van der Waals surface area contributed by atoms with Crippen molar-refractivity contribution in [3.8, 4) is 11.4 Å². The maximum Gasteiger partial charge on any atom is 0.191 e. The summed E-state index contributed by atoms with van der Waals surface area (Å²) in [5.41, 5.74) is 2.48. The fourth-order valence-corrected chi connectivity index (χ4v) is 4.46. The van der Waals surface area contributed by atoms with Gasteiger partial charge in [0.05, 0.1) is 12.6 Å². The number of aliphatic imine (C=N–C) groups is 1. The molecule has 1 aromatic heterocycles. The van der Waals surface area contributed by atoms with Crippen LogP contribution in [0.1, 0.15) is 45.1 Å². The summed E-state index contributed by atoms with van der Waals surface area (Å²) >= 11 is 0. The molecule has 8 heteroatoms. The molecule has 2 atom stereocenters. The third kappa shape index (κ3) is 4.58. The monoisotopic (exact) mass is 510 g/mol. The smallest absolute Gasteiger partial charge is 0.191 e. The minimum Gasteiger partial charge on any atom is -0.378 e. The number of nitrogens with one attached hydrogen (secondary N) is 3. The number of aromatic nitrogens is 3. The zero-order chi connectivity index (χ0) is 19.4. The van der Waals surface area contributed by atoms with Crippen LogP contribution in [0.5, 0.6) is 0 Å². The number of hydrogen-bond donors (Lipinski definition) is 3. The van der Waals surface area contributed by atoms with Crippen LogP contribution in [0.15, 0.2) is 35.6 Å². The highest BCUT2D eigenvalue weighted by Crippen LogP contribution is 2.57. The molecule has 2 saturated carbocycles. The molecule has 1 aromatic carbocycles. The van der Waals surface area contributed by atoms with Crippen molar-refractivity contribution in [2.24, 2.45) is 10.4 Å². The summed E-state index contributed by atoms with van der Waals surface area (Å²) in [4.78, 5) is 9.06. The molecule has 2 fully saturated rings. The van der Waals surface area contributed by atoms with E-state index in [1.807, 2.05) is 12.1 Å². The standard InChI is InChI=1S/C21H30N6O.HI/c1-3-22-20(26-17-12-18(28-4-2)21(17)9-6-10-21)23-13-15-7-5-8-16(11-15)19-24-14-25-27-19;/h5,7-8,11,14,17-18H,3-4,6,9-10,12-13H2,1-2H3,(H2,22,23,26)(H,24,25,27);1H. The second-order valence-electron chi connectivity index (χ2n) is 7.69. The van der Waals surface area contributed by atoms with E-state index in [4.69, 9.17) is 9.73 Å². The predicted octanol–water partition coefficient (Wildman–Crippen LogP) is 3.49. The number of ether oxygens (including phenoxy) is 1. The van der Waals surface area contributed by atoms with Crippen LogP contribution in [0.4, 0.5) is 0 Å². The van der Waals surface area contributed by atoms with Crippen LogP contribution in [0.2, 0.25) is 0 Å². The number of aromatic amines is 1. The number of guanidine groups is 1. The Hall–Kier alpha value is -1.68. The molecule has 7 nitrogen and oxygen atoms in total. The molecule has 158 valence electrons. The molecule has 3 N–H and O–H groups in total. The van der Waals surface area contributed by atoms with Crippen molar-refractivity contribution < 1.29 is 4.74 Å². The second-order valence-corrected chi connectivity index (χ2v) is 7.69. The summed E-state index contributed by atoms with van der Waals surface area (Å²) in [6, 6.07) is 8.71. The predicted molar refractivity (Wildman–Crippen MR) is 125 cm³/mol. The number of H-pyrrole nitrogens is 1. The molecular formula is C21H31IN6O. The van der Waals surface area contributed by atoms with Crippen LogP contribution in [0.25, 0.3) is 11.4 Å². The third-order valence-corrected chi connectivity index (χ3v) is 6.13. The van der Waals surface area contributed by atoms with E-state index in [9.17, 15) is 0 Å². The minimum atomic E-state index is 0. The van der Waals surface area contributed by atoms with Crippen LogP contribution in [0, 0.1) is 5.41 Å². The summed E-state index contributed by atoms with van der Waals surface area (Å²) in [7, 11) is 0. The Balaban J connectivity index is 0.00000240. The van der Waals surface area contributed by atoms with E-state index >= 15 is 0 Å². The van der Waals surface area contributed by atoms with Gasteiger partial charge in [-0.2, -0.15) is 5.10 Å². The molecule has 1 heterocycles. The molecule has 2 aromatic rings. The Morgan fingerprint density at radius 2 is 2.21 bits per heavy atom. The van der Waals surface area contributed by atoms with Gasteiger partial charge in [0.25, 0.3) is 0 Å². The fraction of sp³-hybridized carbons (Fsp3) is 0.571. The van der Waals surface area contributed by atoms with E-state index in [-0.39, 0.29) is 24.0 Å². The second kappa shape index (κ2) is 9.88. The van der Waals surface area contributed by atoms with Gasteiger partial charge < -0.3 is 15.4 Å². The molecule has 4 rings (SSSR count). The zero-order valence-corrected chi connectivity index (χ0v) is 19.5. The molecule has 0 aliphatic heterocycles. The summed E-state index contributed by atoms with van der Waals surface area (Å²) in [6.07, 6.45) is 6.83. The highest BCUT2D eigenvalue weighted by molar-refractivity contribution is 14.0. The number of halogens is 1. The Bertz CT molecular complexity index is 805. The van der Waals surface area contributed by atoms with E-state index in [1.54, 1.807) is 0 Å². The van der Waals surface area contributed by atoms with Gasteiger partial charge in [-0.1, -0.05) is 24.6 Å². The Morgan fingerprint density at radius 3 is 2.86 bits per heavy atom. The molecule has 2 aliphatic rings. The van der Waals surface area contributed by atoms with Crippen molar-refractivity contribution in [1.82, 2.24) is 25.8 Å². The topological polar surface area (TPSA) is 87.2 Å². The van der Waals surface area contributed by atoms with Gasteiger partial charge >= 0.3 is 0 Å². The van der Waals surface area contributed by atoms with Gasteiger partial charge in [0.15, 0.2) is 11.8 Å². The molecule has 0 saturated heterocycles. The lowest BCUT2D eigenvalue weighted by molar-refractivity contribution is -0.168.